The molecule has 106 valence electrons. The van der Waals surface area contributed by atoms with E-state index in [1.165, 1.54) is 0 Å². The van der Waals surface area contributed by atoms with Crippen LogP contribution < -0.4 is 4.89 Å². The molecule has 1 aliphatic carbocycles. The Morgan fingerprint density at radius 3 is 2.63 bits per heavy atom. The Hall–Kier alpha value is -0.480. The maximum absolute atomic E-state index is 12.0. The van der Waals surface area contributed by atoms with Gasteiger partial charge in [0.25, 0.3) is 10.0 Å². The normalized spacial score (nSPS) is 16.9. The van der Waals surface area contributed by atoms with Gasteiger partial charge in [-0.3, -0.25) is 4.84 Å². The topological polar surface area (TPSA) is 92.7 Å². The second kappa shape index (κ2) is 5.88. The van der Waals surface area contributed by atoms with Gasteiger partial charge in [0.05, 0.1) is 9.89 Å². The average molecular weight is 370 g/mol. The maximum Gasteiger partial charge on any atom is 0.345 e. The number of hydrogen-bond donors (Lipinski definition) is 2. The number of hydrogen-bond acceptors (Lipinski definition) is 5. The van der Waals surface area contributed by atoms with E-state index in [0.717, 1.165) is 43.1 Å². The SMILES string of the molecule is O=C(O)c1cc(S(=O)(=O)NOC2CCCC2)c(Br)s1. The zero-order chi connectivity index (χ0) is 14.0. The van der Waals surface area contributed by atoms with E-state index in [-0.39, 0.29) is 19.7 Å². The first kappa shape index (κ1) is 14.9. The summed E-state index contributed by atoms with van der Waals surface area (Å²) in [7, 11) is -3.86. The first-order chi connectivity index (χ1) is 8.90. The van der Waals surface area contributed by atoms with Gasteiger partial charge in [0, 0.05) is 0 Å². The number of halogens is 1. The Morgan fingerprint density at radius 1 is 1.47 bits per heavy atom. The lowest BCUT2D eigenvalue weighted by Gasteiger charge is -2.11. The lowest BCUT2D eigenvalue weighted by molar-refractivity contribution is 0.0223. The van der Waals surface area contributed by atoms with Crippen molar-refractivity contribution in [3.8, 4) is 0 Å². The molecule has 0 aliphatic heterocycles. The van der Waals surface area contributed by atoms with Crippen molar-refractivity contribution in [3.05, 3.63) is 14.7 Å². The number of nitrogens with one attached hydrogen (secondary N) is 1. The van der Waals surface area contributed by atoms with Gasteiger partial charge in [0.15, 0.2) is 0 Å². The van der Waals surface area contributed by atoms with E-state index < -0.39 is 16.0 Å². The molecule has 0 aromatic carbocycles. The van der Waals surface area contributed by atoms with Crippen LogP contribution in [-0.4, -0.2) is 25.6 Å². The summed E-state index contributed by atoms with van der Waals surface area (Å²) in [6.07, 6.45) is 3.60. The van der Waals surface area contributed by atoms with E-state index in [4.69, 9.17) is 9.94 Å². The molecule has 1 fully saturated rings. The fourth-order valence-electron chi connectivity index (χ4n) is 1.82. The van der Waals surface area contributed by atoms with Crippen LogP contribution in [0.1, 0.15) is 35.4 Å². The van der Waals surface area contributed by atoms with Crippen LogP contribution in [0.25, 0.3) is 0 Å². The van der Waals surface area contributed by atoms with Gasteiger partial charge in [-0.2, -0.15) is 0 Å². The molecule has 0 radical (unpaired) electrons. The van der Waals surface area contributed by atoms with Gasteiger partial charge in [-0.1, -0.05) is 17.7 Å². The molecule has 0 amide bonds. The highest BCUT2D eigenvalue weighted by molar-refractivity contribution is 9.11. The molecule has 0 atom stereocenters. The van der Waals surface area contributed by atoms with Crippen LogP contribution >= 0.6 is 27.3 Å². The van der Waals surface area contributed by atoms with Crippen LogP contribution in [0.4, 0.5) is 0 Å². The van der Waals surface area contributed by atoms with Crippen LogP contribution in [0.5, 0.6) is 0 Å². The molecular weight excluding hydrogens is 358 g/mol. The zero-order valence-corrected chi connectivity index (χ0v) is 13.0. The lowest BCUT2D eigenvalue weighted by Crippen LogP contribution is -2.28. The van der Waals surface area contributed by atoms with Crippen LogP contribution in [0.2, 0.25) is 0 Å². The molecule has 0 unspecified atom stereocenters. The van der Waals surface area contributed by atoms with Crippen molar-refractivity contribution in [3.63, 3.8) is 0 Å². The minimum Gasteiger partial charge on any atom is -0.477 e. The fourth-order valence-corrected chi connectivity index (χ4v) is 5.08. The molecule has 2 rings (SSSR count). The van der Waals surface area contributed by atoms with Crippen molar-refractivity contribution in [1.82, 2.24) is 4.89 Å². The molecule has 2 N–H and O–H groups in total. The molecule has 6 nitrogen and oxygen atoms in total. The van der Waals surface area contributed by atoms with Gasteiger partial charge >= 0.3 is 5.97 Å². The van der Waals surface area contributed by atoms with Gasteiger partial charge < -0.3 is 5.11 Å². The summed E-state index contributed by atoms with van der Waals surface area (Å²) in [6, 6.07) is 1.11. The zero-order valence-electron chi connectivity index (χ0n) is 9.76. The minimum atomic E-state index is -3.86. The predicted molar refractivity (Wildman–Crippen MR) is 72.6 cm³/mol. The Morgan fingerprint density at radius 2 is 2.11 bits per heavy atom. The smallest absolute Gasteiger partial charge is 0.345 e. The monoisotopic (exact) mass is 369 g/mol. The number of sulfonamides is 1. The van der Waals surface area contributed by atoms with Crippen LogP contribution in [-0.2, 0) is 14.9 Å². The van der Waals surface area contributed by atoms with E-state index in [0.29, 0.717) is 0 Å². The summed E-state index contributed by atoms with van der Waals surface area (Å²) >= 11 is 3.91. The van der Waals surface area contributed by atoms with Crippen LogP contribution in [0, 0.1) is 0 Å². The average Bonchev–Trinajstić information content (AvgIpc) is 2.95. The molecule has 9 heteroatoms. The van der Waals surface area contributed by atoms with Gasteiger partial charge in [0.2, 0.25) is 0 Å². The van der Waals surface area contributed by atoms with Crippen molar-refractivity contribution in [2.24, 2.45) is 0 Å². The second-order valence-electron chi connectivity index (χ2n) is 4.16. The Bertz CT molecular complexity index is 577. The third-order valence-corrected chi connectivity index (χ3v) is 6.22. The molecule has 0 bridgehead atoms. The van der Waals surface area contributed by atoms with Gasteiger partial charge in [0.1, 0.15) is 9.77 Å². The number of aromatic carboxylic acids is 1. The first-order valence-corrected chi connectivity index (χ1v) is 8.69. The van der Waals surface area contributed by atoms with Crippen molar-refractivity contribution in [2.75, 3.05) is 0 Å². The van der Waals surface area contributed by atoms with Crippen molar-refractivity contribution in [2.45, 2.75) is 36.7 Å². The maximum atomic E-state index is 12.0. The summed E-state index contributed by atoms with van der Waals surface area (Å²) < 4.78 is 24.2. The summed E-state index contributed by atoms with van der Waals surface area (Å²) in [6.45, 7) is 0. The lowest BCUT2D eigenvalue weighted by atomic mass is 10.3. The van der Waals surface area contributed by atoms with Crippen molar-refractivity contribution >= 4 is 43.3 Å². The quantitative estimate of drug-likeness (QED) is 0.777. The van der Waals surface area contributed by atoms with Gasteiger partial charge in [-0.15, -0.1) is 11.3 Å². The van der Waals surface area contributed by atoms with E-state index in [2.05, 4.69) is 20.8 Å². The van der Waals surface area contributed by atoms with Gasteiger partial charge in [-0.25, -0.2) is 13.2 Å². The summed E-state index contributed by atoms with van der Waals surface area (Å²) in [5.41, 5.74) is 0. The predicted octanol–water partition coefficient (Wildman–Crippen LogP) is 2.36. The highest BCUT2D eigenvalue weighted by atomic mass is 79.9. The molecule has 19 heavy (non-hydrogen) atoms. The molecule has 1 saturated carbocycles. The number of carboxylic acid groups (broad SMARTS) is 1. The highest BCUT2D eigenvalue weighted by Gasteiger charge is 2.25. The molecule has 1 aromatic heterocycles. The fraction of sp³-hybridized carbons (Fsp3) is 0.500. The molecule has 0 saturated heterocycles. The molecule has 1 aliphatic rings. The summed E-state index contributed by atoms with van der Waals surface area (Å²) in [5.74, 6) is -1.16. The van der Waals surface area contributed by atoms with Crippen LogP contribution in [0.3, 0.4) is 0 Å². The first-order valence-electron chi connectivity index (χ1n) is 5.60. The van der Waals surface area contributed by atoms with E-state index in [1.807, 2.05) is 0 Å². The Balaban J connectivity index is 2.12. The minimum absolute atomic E-state index is 0.0480. The molecule has 0 spiro atoms. The number of carbonyl (C=O) groups is 1. The molecule has 1 heterocycles. The Labute approximate surface area is 122 Å². The van der Waals surface area contributed by atoms with Crippen LogP contribution in [0.15, 0.2) is 14.7 Å². The number of rotatable bonds is 5. The van der Waals surface area contributed by atoms with E-state index >= 15 is 0 Å². The standard InChI is InChI=1S/C10H12BrNO5S2/c11-9-8(5-7(18-9)10(13)14)19(15,16)12-17-6-3-1-2-4-6/h5-6,12H,1-4H2,(H,13,14). The van der Waals surface area contributed by atoms with E-state index in [1.54, 1.807) is 0 Å². The second-order valence-corrected chi connectivity index (χ2v) is 8.15. The number of thiophene rings is 1. The highest BCUT2D eigenvalue weighted by Crippen LogP contribution is 2.32. The summed E-state index contributed by atoms with van der Waals surface area (Å²) in [4.78, 5) is 17.8. The molecular formula is C10H12BrNO5S2. The number of carboxylic acids is 1. The Kier molecular flexibility index (Phi) is 4.62. The molecule has 1 aromatic rings. The third kappa shape index (κ3) is 3.54. The summed E-state index contributed by atoms with van der Waals surface area (Å²) in [5, 5.41) is 8.83. The van der Waals surface area contributed by atoms with Crippen molar-refractivity contribution < 1.29 is 23.2 Å². The third-order valence-electron chi connectivity index (χ3n) is 2.78. The van der Waals surface area contributed by atoms with Gasteiger partial charge in [-0.05, 0) is 34.8 Å². The largest absolute Gasteiger partial charge is 0.477 e. The van der Waals surface area contributed by atoms with Crippen molar-refractivity contribution in [1.29, 1.82) is 0 Å². The van der Waals surface area contributed by atoms with E-state index in [9.17, 15) is 13.2 Å².